The summed E-state index contributed by atoms with van der Waals surface area (Å²) < 4.78 is 0. The van der Waals surface area contributed by atoms with E-state index in [0.717, 1.165) is 19.0 Å². The fourth-order valence-electron chi connectivity index (χ4n) is 2.14. The Balaban J connectivity index is 1.62. The van der Waals surface area contributed by atoms with Crippen LogP contribution in [0.15, 0.2) is 12.5 Å². The minimum Gasteiger partial charge on any atom is -0.348 e. The highest BCUT2D eigenvalue weighted by atomic mass is 14.9. The van der Waals surface area contributed by atoms with E-state index in [-0.39, 0.29) is 0 Å². The second-order valence-corrected chi connectivity index (χ2v) is 4.12. The molecule has 78 valence electrons. The van der Waals surface area contributed by atoms with Gasteiger partial charge in [-0.25, -0.2) is 4.98 Å². The molecule has 0 saturated heterocycles. The predicted octanol–water partition coefficient (Wildman–Crippen LogP) is 1.87. The Labute approximate surface area is 85.3 Å². The van der Waals surface area contributed by atoms with Crippen molar-refractivity contribution in [2.45, 2.75) is 44.6 Å². The van der Waals surface area contributed by atoms with Crippen molar-refractivity contribution in [1.82, 2.24) is 15.3 Å². The average Bonchev–Trinajstić information content (AvgIpc) is 2.72. The summed E-state index contributed by atoms with van der Waals surface area (Å²) in [6.45, 7) is 1.08. The number of hydrogen-bond acceptors (Lipinski definition) is 2. The zero-order valence-corrected chi connectivity index (χ0v) is 8.63. The number of H-pyrrole nitrogens is 1. The molecule has 1 aliphatic carbocycles. The van der Waals surface area contributed by atoms with Crippen molar-refractivity contribution in [3.8, 4) is 0 Å². The minimum absolute atomic E-state index is 0.770. The van der Waals surface area contributed by atoms with E-state index in [4.69, 9.17) is 0 Å². The molecule has 0 spiro atoms. The largest absolute Gasteiger partial charge is 0.348 e. The molecule has 1 saturated carbocycles. The molecule has 1 aromatic rings. The Kier molecular flexibility index (Phi) is 3.57. The lowest BCUT2D eigenvalue weighted by Gasteiger charge is -2.22. The van der Waals surface area contributed by atoms with Crippen LogP contribution in [0.5, 0.6) is 0 Å². The van der Waals surface area contributed by atoms with E-state index in [2.05, 4.69) is 15.3 Å². The molecule has 3 heteroatoms. The van der Waals surface area contributed by atoms with Gasteiger partial charge in [-0.15, -0.1) is 0 Å². The van der Waals surface area contributed by atoms with Crippen molar-refractivity contribution in [1.29, 1.82) is 0 Å². The van der Waals surface area contributed by atoms with Crippen LogP contribution in [0, 0.1) is 0 Å². The van der Waals surface area contributed by atoms with Crippen LogP contribution in [0.25, 0.3) is 0 Å². The maximum Gasteiger partial charge on any atom is 0.0921 e. The molecular formula is C11H19N3. The first kappa shape index (κ1) is 9.71. The van der Waals surface area contributed by atoms with Crippen molar-refractivity contribution >= 4 is 0 Å². The maximum absolute atomic E-state index is 4.00. The number of imidazole rings is 1. The quantitative estimate of drug-likeness (QED) is 0.766. The van der Waals surface area contributed by atoms with E-state index in [1.54, 1.807) is 6.33 Å². The van der Waals surface area contributed by atoms with Crippen LogP contribution >= 0.6 is 0 Å². The summed E-state index contributed by atoms with van der Waals surface area (Å²) in [5, 5.41) is 3.61. The highest BCUT2D eigenvalue weighted by Crippen LogP contribution is 2.17. The first-order valence-electron chi connectivity index (χ1n) is 5.66. The SMILES string of the molecule is c1ncc(CCNC2CCCCC2)[nH]1. The van der Waals surface area contributed by atoms with Gasteiger partial charge >= 0.3 is 0 Å². The zero-order valence-electron chi connectivity index (χ0n) is 8.63. The van der Waals surface area contributed by atoms with Gasteiger partial charge in [0.2, 0.25) is 0 Å². The molecule has 1 heterocycles. The molecule has 2 N–H and O–H groups in total. The Bertz CT molecular complexity index is 237. The van der Waals surface area contributed by atoms with Crippen LogP contribution in [0.3, 0.4) is 0 Å². The summed E-state index contributed by atoms with van der Waals surface area (Å²) >= 11 is 0. The van der Waals surface area contributed by atoms with E-state index in [1.165, 1.54) is 37.8 Å². The smallest absolute Gasteiger partial charge is 0.0921 e. The molecule has 0 radical (unpaired) electrons. The van der Waals surface area contributed by atoms with Crippen LogP contribution in [0.2, 0.25) is 0 Å². The molecule has 0 unspecified atom stereocenters. The molecule has 0 aliphatic heterocycles. The van der Waals surface area contributed by atoms with E-state index in [1.807, 2.05) is 6.20 Å². The van der Waals surface area contributed by atoms with Crippen LogP contribution < -0.4 is 5.32 Å². The first-order chi connectivity index (χ1) is 6.95. The third kappa shape index (κ3) is 2.84. The Morgan fingerprint density at radius 3 is 2.93 bits per heavy atom. The van der Waals surface area contributed by atoms with Crippen molar-refractivity contribution in [2.24, 2.45) is 0 Å². The van der Waals surface area contributed by atoms with E-state index >= 15 is 0 Å². The number of nitrogens with zero attached hydrogens (tertiary/aromatic N) is 1. The van der Waals surface area contributed by atoms with Gasteiger partial charge in [0, 0.05) is 30.9 Å². The summed E-state index contributed by atoms with van der Waals surface area (Å²) in [5.74, 6) is 0. The van der Waals surface area contributed by atoms with Gasteiger partial charge in [-0.3, -0.25) is 0 Å². The number of nitrogens with one attached hydrogen (secondary N) is 2. The molecule has 0 amide bonds. The van der Waals surface area contributed by atoms with E-state index in [9.17, 15) is 0 Å². The van der Waals surface area contributed by atoms with E-state index < -0.39 is 0 Å². The lowest BCUT2D eigenvalue weighted by Crippen LogP contribution is -2.32. The number of aromatic nitrogens is 2. The summed E-state index contributed by atoms with van der Waals surface area (Å²) in [6.07, 6.45) is 11.7. The topological polar surface area (TPSA) is 40.7 Å². The van der Waals surface area contributed by atoms with Crippen LogP contribution in [0.4, 0.5) is 0 Å². The molecule has 1 aliphatic rings. The van der Waals surface area contributed by atoms with Crippen LogP contribution in [0.1, 0.15) is 37.8 Å². The van der Waals surface area contributed by atoms with Gasteiger partial charge in [-0.05, 0) is 12.8 Å². The lowest BCUT2D eigenvalue weighted by molar-refractivity contribution is 0.375. The first-order valence-corrected chi connectivity index (χ1v) is 5.66. The van der Waals surface area contributed by atoms with Crippen molar-refractivity contribution < 1.29 is 0 Å². The van der Waals surface area contributed by atoms with Crippen LogP contribution in [-0.4, -0.2) is 22.6 Å². The normalized spacial score (nSPS) is 18.6. The molecule has 0 aromatic carbocycles. The Morgan fingerprint density at radius 2 is 2.21 bits per heavy atom. The zero-order chi connectivity index (χ0) is 9.64. The molecule has 1 fully saturated rings. The predicted molar refractivity (Wildman–Crippen MR) is 57.2 cm³/mol. The van der Waals surface area contributed by atoms with Gasteiger partial charge in [-0.1, -0.05) is 19.3 Å². The molecule has 0 bridgehead atoms. The summed E-state index contributed by atoms with van der Waals surface area (Å²) in [4.78, 5) is 7.13. The minimum atomic E-state index is 0.770. The van der Waals surface area contributed by atoms with Crippen molar-refractivity contribution in [3.63, 3.8) is 0 Å². The van der Waals surface area contributed by atoms with Gasteiger partial charge in [0.25, 0.3) is 0 Å². The summed E-state index contributed by atoms with van der Waals surface area (Å²) in [5.41, 5.74) is 1.23. The van der Waals surface area contributed by atoms with Gasteiger partial charge in [0.15, 0.2) is 0 Å². The standard InChI is InChI=1S/C11H19N3/c1-2-4-10(5-3-1)13-7-6-11-8-12-9-14-11/h8-10,13H,1-7H2,(H,12,14). The Hall–Kier alpha value is -0.830. The van der Waals surface area contributed by atoms with Crippen molar-refractivity contribution in [3.05, 3.63) is 18.2 Å². The molecule has 14 heavy (non-hydrogen) atoms. The van der Waals surface area contributed by atoms with Gasteiger partial charge in [0.05, 0.1) is 6.33 Å². The fourth-order valence-corrected chi connectivity index (χ4v) is 2.14. The van der Waals surface area contributed by atoms with E-state index in [0.29, 0.717) is 0 Å². The number of aromatic amines is 1. The lowest BCUT2D eigenvalue weighted by atomic mass is 9.95. The molecule has 3 nitrogen and oxygen atoms in total. The highest BCUT2D eigenvalue weighted by molar-refractivity contribution is 4.94. The monoisotopic (exact) mass is 193 g/mol. The molecule has 0 atom stereocenters. The summed E-state index contributed by atoms with van der Waals surface area (Å²) in [6, 6.07) is 0.770. The molecular weight excluding hydrogens is 174 g/mol. The number of hydrogen-bond donors (Lipinski definition) is 2. The van der Waals surface area contributed by atoms with Gasteiger partial charge in [-0.2, -0.15) is 0 Å². The molecule has 1 aromatic heterocycles. The fraction of sp³-hybridized carbons (Fsp3) is 0.727. The highest BCUT2D eigenvalue weighted by Gasteiger charge is 2.11. The van der Waals surface area contributed by atoms with Gasteiger partial charge in [0.1, 0.15) is 0 Å². The maximum atomic E-state index is 4.00. The Morgan fingerprint density at radius 1 is 1.36 bits per heavy atom. The third-order valence-electron chi connectivity index (χ3n) is 2.99. The molecule has 2 rings (SSSR count). The van der Waals surface area contributed by atoms with Crippen LogP contribution in [-0.2, 0) is 6.42 Å². The second kappa shape index (κ2) is 5.15. The average molecular weight is 193 g/mol. The second-order valence-electron chi connectivity index (χ2n) is 4.12. The van der Waals surface area contributed by atoms with Crippen molar-refractivity contribution in [2.75, 3.05) is 6.54 Å². The summed E-state index contributed by atoms with van der Waals surface area (Å²) in [7, 11) is 0. The third-order valence-corrected chi connectivity index (χ3v) is 2.99. The number of rotatable bonds is 4. The van der Waals surface area contributed by atoms with Gasteiger partial charge < -0.3 is 10.3 Å².